The number of furan rings is 1. The average Bonchev–Trinajstić information content (AvgIpc) is 2.84. The topological polar surface area (TPSA) is 52.0 Å². The molecular formula is C13H12N2OS. The van der Waals surface area contributed by atoms with Gasteiger partial charge in [0.2, 0.25) is 0 Å². The molecule has 0 aliphatic rings. The molecule has 0 atom stereocenters. The maximum atomic E-state index is 5.84. The minimum Gasteiger partial charge on any atom is -0.464 e. The van der Waals surface area contributed by atoms with Crippen molar-refractivity contribution in [2.45, 2.75) is 13.8 Å². The predicted molar refractivity (Wildman–Crippen MR) is 71.2 cm³/mol. The molecule has 0 bridgehead atoms. The molecule has 0 aliphatic heterocycles. The second-order valence-corrected chi connectivity index (χ2v) is 5.13. The van der Waals surface area contributed by atoms with E-state index in [4.69, 9.17) is 10.2 Å². The van der Waals surface area contributed by atoms with Gasteiger partial charge in [0.25, 0.3) is 0 Å². The molecule has 0 aliphatic carbocycles. The first-order chi connectivity index (χ1) is 8.15. The van der Waals surface area contributed by atoms with Crippen molar-refractivity contribution in [2.24, 2.45) is 0 Å². The molecule has 0 spiro atoms. The van der Waals surface area contributed by atoms with Crippen molar-refractivity contribution < 1.29 is 4.42 Å². The van der Waals surface area contributed by atoms with Crippen LogP contribution in [0.1, 0.15) is 11.3 Å². The van der Waals surface area contributed by atoms with Crippen LogP contribution < -0.4 is 5.73 Å². The van der Waals surface area contributed by atoms with Crippen molar-refractivity contribution in [3.8, 4) is 10.6 Å². The molecule has 2 heterocycles. The normalized spacial score (nSPS) is 11.2. The Labute approximate surface area is 103 Å². The van der Waals surface area contributed by atoms with Gasteiger partial charge in [-0.15, -0.1) is 0 Å². The number of fused-ring (bicyclic) bond motifs is 1. The highest BCUT2D eigenvalue weighted by atomic mass is 32.1. The highest BCUT2D eigenvalue weighted by molar-refractivity contribution is 7.18. The zero-order chi connectivity index (χ0) is 12.0. The van der Waals surface area contributed by atoms with Crippen LogP contribution in [0.25, 0.3) is 21.5 Å². The Kier molecular flexibility index (Phi) is 2.19. The summed E-state index contributed by atoms with van der Waals surface area (Å²) in [5, 5.41) is 2.88. The second kappa shape index (κ2) is 3.60. The number of benzene rings is 1. The Hall–Kier alpha value is -1.81. The first kappa shape index (κ1) is 10.4. The third kappa shape index (κ3) is 1.61. The van der Waals surface area contributed by atoms with Gasteiger partial charge in [0.1, 0.15) is 15.6 Å². The molecule has 3 nitrogen and oxygen atoms in total. The molecule has 4 heteroatoms. The Balaban J connectivity index is 2.20. The van der Waals surface area contributed by atoms with E-state index in [1.54, 1.807) is 6.26 Å². The number of rotatable bonds is 1. The zero-order valence-corrected chi connectivity index (χ0v) is 10.5. The largest absolute Gasteiger partial charge is 0.464 e. The number of aryl methyl sites for hydroxylation is 2. The van der Waals surface area contributed by atoms with E-state index in [1.807, 2.05) is 26.0 Å². The van der Waals surface area contributed by atoms with Gasteiger partial charge in [0.05, 0.1) is 12.0 Å². The number of anilines is 1. The second-order valence-electron chi connectivity index (χ2n) is 4.10. The van der Waals surface area contributed by atoms with Crippen LogP contribution in [-0.4, -0.2) is 4.98 Å². The first-order valence-corrected chi connectivity index (χ1v) is 6.18. The monoisotopic (exact) mass is 244 g/mol. The fourth-order valence-corrected chi connectivity index (χ4v) is 2.65. The Morgan fingerprint density at radius 1 is 1.29 bits per heavy atom. The van der Waals surface area contributed by atoms with Crippen molar-refractivity contribution in [3.63, 3.8) is 0 Å². The van der Waals surface area contributed by atoms with Gasteiger partial charge in [-0.1, -0.05) is 11.3 Å². The molecule has 3 aromatic rings. The fraction of sp³-hybridized carbons (Fsp3) is 0.154. The molecule has 3 rings (SSSR count). The van der Waals surface area contributed by atoms with Crippen molar-refractivity contribution in [1.82, 2.24) is 4.98 Å². The smallest absolute Gasteiger partial charge is 0.134 e. The third-order valence-corrected chi connectivity index (χ3v) is 3.88. The first-order valence-electron chi connectivity index (χ1n) is 5.36. The van der Waals surface area contributed by atoms with Crippen molar-refractivity contribution >= 4 is 27.3 Å². The minimum absolute atomic E-state index is 0.781. The summed E-state index contributed by atoms with van der Waals surface area (Å²) in [4.78, 5) is 4.46. The van der Waals surface area contributed by atoms with Gasteiger partial charge < -0.3 is 10.2 Å². The number of aromatic nitrogens is 1. The Morgan fingerprint density at radius 3 is 2.82 bits per heavy atom. The van der Waals surface area contributed by atoms with Crippen LogP contribution in [0.5, 0.6) is 0 Å². The molecule has 0 radical (unpaired) electrons. The Morgan fingerprint density at radius 2 is 2.12 bits per heavy atom. The van der Waals surface area contributed by atoms with Crippen LogP contribution in [0.15, 0.2) is 28.9 Å². The van der Waals surface area contributed by atoms with E-state index in [-0.39, 0.29) is 0 Å². The summed E-state index contributed by atoms with van der Waals surface area (Å²) in [6, 6.07) is 6.10. The number of hydrogen-bond acceptors (Lipinski definition) is 4. The zero-order valence-electron chi connectivity index (χ0n) is 9.65. The van der Waals surface area contributed by atoms with Crippen LogP contribution >= 0.6 is 11.3 Å². The van der Waals surface area contributed by atoms with Crippen molar-refractivity contribution in [3.05, 3.63) is 35.7 Å². The summed E-state index contributed by atoms with van der Waals surface area (Å²) in [6.45, 7) is 3.97. The fourth-order valence-electron chi connectivity index (χ4n) is 1.82. The number of thiazole rings is 1. The number of nitrogens with two attached hydrogens (primary N) is 1. The van der Waals surface area contributed by atoms with Crippen LogP contribution in [-0.2, 0) is 0 Å². The van der Waals surface area contributed by atoms with Crippen LogP contribution in [0, 0.1) is 13.8 Å². The molecule has 86 valence electrons. The molecule has 0 amide bonds. The lowest BCUT2D eigenvalue weighted by Crippen LogP contribution is -1.81. The van der Waals surface area contributed by atoms with Gasteiger partial charge in [0.15, 0.2) is 0 Å². The molecule has 0 unspecified atom stereocenters. The van der Waals surface area contributed by atoms with Crippen molar-refractivity contribution in [2.75, 3.05) is 5.73 Å². The quantitative estimate of drug-likeness (QED) is 0.709. The summed E-state index contributed by atoms with van der Waals surface area (Å²) in [6.07, 6.45) is 1.77. The van der Waals surface area contributed by atoms with Gasteiger partial charge >= 0.3 is 0 Å². The standard InChI is InChI=1S/C13H12N2OS/c1-7-6-16-11-4-3-9(5-10(7)11)13-15-8(2)12(14)17-13/h3-6H,14H2,1-2H3. The number of nitrogen functional groups attached to an aromatic ring is 1. The lowest BCUT2D eigenvalue weighted by molar-refractivity contribution is 0.613. The maximum Gasteiger partial charge on any atom is 0.134 e. The molecule has 0 saturated carbocycles. The number of hydrogen-bond donors (Lipinski definition) is 1. The van der Waals surface area contributed by atoms with Crippen molar-refractivity contribution in [1.29, 1.82) is 0 Å². The van der Waals surface area contributed by atoms with Gasteiger partial charge in [-0.05, 0) is 37.6 Å². The highest BCUT2D eigenvalue weighted by Crippen LogP contribution is 2.32. The molecule has 2 N–H and O–H groups in total. The molecule has 0 saturated heterocycles. The molecule has 2 aromatic heterocycles. The predicted octanol–water partition coefficient (Wildman–Crippen LogP) is 3.76. The van der Waals surface area contributed by atoms with E-state index in [9.17, 15) is 0 Å². The number of nitrogens with zero attached hydrogens (tertiary/aromatic N) is 1. The van der Waals surface area contributed by atoms with Gasteiger partial charge in [-0.2, -0.15) is 0 Å². The molecule has 17 heavy (non-hydrogen) atoms. The average molecular weight is 244 g/mol. The maximum absolute atomic E-state index is 5.84. The van der Waals surface area contributed by atoms with Gasteiger partial charge in [0, 0.05) is 10.9 Å². The lowest BCUT2D eigenvalue weighted by atomic mass is 10.1. The van der Waals surface area contributed by atoms with E-state index in [0.717, 1.165) is 37.8 Å². The van der Waals surface area contributed by atoms with Gasteiger partial charge in [-0.3, -0.25) is 0 Å². The summed E-state index contributed by atoms with van der Waals surface area (Å²) in [5.41, 5.74) is 9.88. The molecular weight excluding hydrogens is 232 g/mol. The molecule has 0 fully saturated rings. The summed E-state index contributed by atoms with van der Waals surface area (Å²) in [7, 11) is 0. The van der Waals surface area contributed by atoms with E-state index in [0.29, 0.717) is 0 Å². The van der Waals surface area contributed by atoms with E-state index in [2.05, 4.69) is 11.1 Å². The van der Waals surface area contributed by atoms with Crippen LogP contribution in [0.3, 0.4) is 0 Å². The van der Waals surface area contributed by atoms with Gasteiger partial charge in [-0.25, -0.2) is 4.98 Å². The van der Waals surface area contributed by atoms with Crippen LogP contribution in [0.2, 0.25) is 0 Å². The summed E-state index contributed by atoms with van der Waals surface area (Å²) < 4.78 is 5.43. The third-order valence-electron chi connectivity index (χ3n) is 2.85. The summed E-state index contributed by atoms with van der Waals surface area (Å²) >= 11 is 1.52. The minimum atomic E-state index is 0.781. The van der Waals surface area contributed by atoms with E-state index in [1.165, 1.54) is 11.3 Å². The molecule has 1 aromatic carbocycles. The Bertz CT molecular complexity index is 677. The SMILES string of the molecule is Cc1nc(-c2ccc3occ(C)c3c2)sc1N. The van der Waals surface area contributed by atoms with Crippen LogP contribution in [0.4, 0.5) is 5.00 Å². The van der Waals surface area contributed by atoms with E-state index < -0.39 is 0 Å². The highest BCUT2D eigenvalue weighted by Gasteiger charge is 2.09. The summed E-state index contributed by atoms with van der Waals surface area (Å²) in [5.74, 6) is 0. The van der Waals surface area contributed by atoms with E-state index >= 15 is 0 Å². The lowest BCUT2D eigenvalue weighted by Gasteiger charge is -1.96.